The van der Waals surface area contributed by atoms with Gasteiger partial charge in [-0.15, -0.1) is 0 Å². The van der Waals surface area contributed by atoms with Crippen molar-refractivity contribution in [1.29, 1.82) is 0 Å². The highest BCUT2D eigenvalue weighted by atomic mass is 19.1. The van der Waals surface area contributed by atoms with Crippen molar-refractivity contribution >= 4 is 16.9 Å². The molecule has 2 N–H and O–H groups in total. The molecule has 1 aromatic carbocycles. The number of amides is 2. The predicted octanol–water partition coefficient (Wildman–Crippen LogP) is 2.09. The van der Waals surface area contributed by atoms with E-state index in [1.54, 1.807) is 6.20 Å². The lowest BCUT2D eigenvalue weighted by molar-refractivity contribution is 0.152. The van der Waals surface area contributed by atoms with Crippen molar-refractivity contribution in [2.75, 3.05) is 26.7 Å². The van der Waals surface area contributed by atoms with Crippen molar-refractivity contribution in [2.45, 2.75) is 24.9 Å². The van der Waals surface area contributed by atoms with Crippen LogP contribution in [-0.2, 0) is 6.42 Å². The van der Waals surface area contributed by atoms with Crippen molar-refractivity contribution < 1.29 is 13.6 Å². The van der Waals surface area contributed by atoms with E-state index in [1.165, 1.54) is 6.07 Å². The molecule has 128 valence electrons. The number of hydrogen-bond donors (Lipinski definition) is 2. The van der Waals surface area contributed by atoms with Crippen molar-refractivity contribution in [3.05, 3.63) is 35.5 Å². The summed E-state index contributed by atoms with van der Waals surface area (Å²) in [5, 5.41) is 3.31. The van der Waals surface area contributed by atoms with Gasteiger partial charge in [0.25, 0.3) is 0 Å². The summed E-state index contributed by atoms with van der Waals surface area (Å²) in [7, 11) is 2.09. The summed E-state index contributed by atoms with van der Waals surface area (Å²) >= 11 is 0. The summed E-state index contributed by atoms with van der Waals surface area (Å²) in [5.74, 6) is -1.18. The maximum absolute atomic E-state index is 14.0. The minimum atomic E-state index is -0.601. The topological polar surface area (TPSA) is 51.4 Å². The highest BCUT2D eigenvalue weighted by Gasteiger charge is 2.49. The van der Waals surface area contributed by atoms with E-state index in [0.29, 0.717) is 36.0 Å². The molecule has 0 spiro atoms. The third kappa shape index (κ3) is 2.62. The van der Waals surface area contributed by atoms with Crippen LogP contribution in [0.4, 0.5) is 13.6 Å². The first kappa shape index (κ1) is 15.4. The third-order valence-corrected chi connectivity index (χ3v) is 5.09. The molecule has 4 rings (SSSR count). The number of carbonyl (C=O) groups excluding carboxylic acids is 1. The molecule has 2 aromatic rings. The number of rotatable bonds is 3. The van der Waals surface area contributed by atoms with Gasteiger partial charge in [-0.3, -0.25) is 4.90 Å². The van der Waals surface area contributed by atoms with Crippen molar-refractivity contribution in [3.8, 4) is 0 Å². The van der Waals surface area contributed by atoms with Gasteiger partial charge in [0.1, 0.15) is 11.6 Å². The Bertz CT molecular complexity index is 790. The van der Waals surface area contributed by atoms with Crippen LogP contribution in [0.3, 0.4) is 0 Å². The molecule has 1 saturated heterocycles. The van der Waals surface area contributed by atoms with E-state index in [2.05, 4.69) is 22.2 Å². The minimum absolute atomic E-state index is 0.0537. The number of fused-ring (bicyclic) bond motifs is 2. The van der Waals surface area contributed by atoms with Gasteiger partial charge in [-0.1, -0.05) is 0 Å². The Morgan fingerprint density at radius 2 is 2.17 bits per heavy atom. The number of urea groups is 1. The molecular formula is C17H20F2N4O. The molecule has 1 aliphatic heterocycles. The number of nitrogens with one attached hydrogen (secondary N) is 2. The Morgan fingerprint density at radius 1 is 1.33 bits per heavy atom. The highest BCUT2D eigenvalue weighted by Crippen LogP contribution is 2.35. The zero-order chi connectivity index (χ0) is 16.8. The van der Waals surface area contributed by atoms with Gasteiger partial charge >= 0.3 is 6.03 Å². The lowest BCUT2D eigenvalue weighted by atomic mass is 10.1. The molecule has 7 heteroatoms. The average molecular weight is 334 g/mol. The zero-order valence-corrected chi connectivity index (χ0v) is 13.5. The van der Waals surface area contributed by atoms with Gasteiger partial charge in [-0.25, -0.2) is 13.6 Å². The molecule has 2 heterocycles. The SMILES string of the molecule is CN1CCN(C(=O)NCCc2c[nH]c3cc(F)cc(F)c23)C2CC21. The fourth-order valence-corrected chi connectivity index (χ4v) is 3.68. The second kappa shape index (κ2) is 5.73. The molecule has 2 unspecified atom stereocenters. The van der Waals surface area contributed by atoms with E-state index in [4.69, 9.17) is 0 Å². The standard InChI is InChI=1S/C17H20F2N4O/c1-22-4-5-23(15-8-14(15)22)17(24)20-3-2-10-9-21-13-7-11(18)6-12(19)16(10)13/h6-7,9,14-15,21H,2-5,8H2,1H3,(H,20,24). The van der Waals surface area contributed by atoms with Crippen LogP contribution in [0.2, 0.25) is 0 Å². The van der Waals surface area contributed by atoms with Gasteiger partial charge in [0.15, 0.2) is 0 Å². The molecule has 0 bridgehead atoms. The number of H-pyrrole nitrogens is 1. The molecule has 2 aliphatic rings. The van der Waals surface area contributed by atoms with Crippen LogP contribution in [0.15, 0.2) is 18.3 Å². The molecule has 1 aliphatic carbocycles. The lowest BCUT2D eigenvalue weighted by Crippen LogP contribution is -2.51. The summed E-state index contributed by atoms with van der Waals surface area (Å²) in [5.41, 5.74) is 1.18. The van der Waals surface area contributed by atoms with E-state index < -0.39 is 11.6 Å². The lowest BCUT2D eigenvalue weighted by Gasteiger charge is -2.31. The predicted molar refractivity (Wildman–Crippen MR) is 86.8 cm³/mol. The molecule has 0 radical (unpaired) electrons. The number of carbonyl (C=O) groups is 1. The van der Waals surface area contributed by atoms with Crippen LogP contribution in [0.25, 0.3) is 10.9 Å². The summed E-state index contributed by atoms with van der Waals surface area (Å²) < 4.78 is 27.2. The van der Waals surface area contributed by atoms with Gasteiger partial charge in [0.05, 0.1) is 11.6 Å². The Kier molecular flexibility index (Phi) is 3.68. The molecule has 1 saturated carbocycles. The maximum Gasteiger partial charge on any atom is 0.317 e. The van der Waals surface area contributed by atoms with Crippen LogP contribution in [-0.4, -0.2) is 59.6 Å². The van der Waals surface area contributed by atoms with E-state index >= 15 is 0 Å². The minimum Gasteiger partial charge on any atom is -0.361 e. The number of halogens is 2. The quantitative estimate of drug-likeness (QED) is 0.903. The summed E-state index contributed by atoms with van der Waals surface area (Å²) in [6.45, 7) is 2.06. The van der Waals surface area contributed by atoms with Gasteiger partial charge in [0.2, 0.25) is 0 Å². The molecule has 5 nitrogen and oxygen atoms in total. The Labute approximate surface area is 138 Å². The summed E-state index contributed by atoms with van der Waals surface area (Å²) in [6, 6.07) is 2.94. The molecule has 24 heavy (non-hydrogen) atoms. The number of nitrogens with zero attached hydrogens (tertiary/aromatic N) is 2. The third-order valence-electron chi connectivity index (χ3n) is 5.09. The summed E-state index contributed by atoms with van der Waals surface area (Å²) in [4.78, 5) is 19.4. The van der Waals surface area contributed by atoms with E-state index in [0.717, 1.165) is 31.1 Å². The zero-order valence-electron chi connectivity index (χ0n) is 13.5. The number of hydrogen-bond acceptors (Lipinski definition) is 2. The highest BCUT2D eigenvalue weighted by molar-refractivity contribution is 5.84. The molecular weight excluding hydrogens is 314 g/mol. The number of aromatic nitrogens is 1. The number of piperazine rings is 1. The van der Waals surface area contributed by atoms with Crippen molar-refractivity contribution in [2.24, 2.45) is 0 Å². The van der Waals surface area contributed by atoms with E-state index in [-0.39, 0.29) is 6.03 Å². The van der Waals surface area contributed by atoms with Gasteiger partial charge in [-0.05, 0) is 31.5 Å². The van der Waals surface area contributed by atoms with Gasteiger partial charge < -0.3 is 15.2 Å². The molecule has 2 amide bonds. The smallest absolute Gasteiger partial charge is 0.317 e. The van der Waals surface area contributed by atoms with Crippen LogP contribution in [0, 0.1) is 11.6 Å². The van der Waals surface area contributed by atoms with E-state index in [9.17, 15) is 13.6 Å². The largest absolute Gasteiger partial charge is 0.361 e. The summed E-state index contributed by atoms with van der Waals surface area (Å²) in [6.07, 6.45) is 3.21. The van der Waals surface area contributed by atoms with Gasteiger partial charge in [0, 0.05) is 43.3 Å². The second-order valence-electron chi connectivity index (χ2n) is 6.65. The molecule has 1 aromatic heterocycles. The molecule has 2 atom stereocenters. The van der Waals surface area contributed by atoms with Crippen LogP contribution < -0.4 is 5.32 Å². The van der Waals surface area contributed by atoms with Crippen molar-refractivity contribution in [3.63, 3.8) is 0 Å². The maximum atomic E-state index is 14.0. The number of benzene rings is 1. The normalized spacial score (nSPS) is 23.4. The first-order chi connectivity index (χ1) is 11.5. The fourth-order valence-electron chi connectivity index (χ4n) is 3.68. The van der Waals surface area contributed by atoms with Crippen LogP contribution in [0.1, 0.15) is 12.0 Å². The first-order valence-electron chi connectivity index (χ1n) is 8.24. The number of likely N-dealkylation sites (N-methyl/N-ethyl adjacent to an activating group) is 1. The van der Waals surface area contributed by atoms with E-state index in [1.807, 2.05) is 4.90 Å². The second-order valence-corrected chi connectivity index (χ2v) is 6.65. The van der Waals surface area contributed by atoms with Crippen LogP contribution >= 0.6 is 0 Å². The Hall–Kier alpha value is -2.15. The Balaban J connectivity index is 1.37. The number of aromatic amines is 1. The average Bonchev–Trinajstić information content (AvgIpc) is 3.24. The van der Waals surface area contributed by atoms with Gasteiger partial charge in [-0.2, -0.15) is 0 Å². The first-order valence-corrected chi connectivity index (χ1v) is 8.24. The van der Waals surface area contributed by atoms with Crippen LogP contribution in [0.5, 0.6) is 0 Å². The molecule has 2 fully saturated rings. The Morgan fingerprint density at radius 3 is 3.00 bits per heavy atom. The monoisotopic (exact) mass is 334 g/mol. The van der Waals surface area contributed by atoms with Crippen molar-refractivity contribution in [1.82, 2.24) is 20.1 Å². The fraction of sp³-hybridized carbons (Fsp3) is 0.471.